The van der Waals surface area contributed by atoms with Crippen LogP contribution in [0.4, 0.5) is 4.79 Å². The maximum Gasteiger partial charge on any atom is 0.408 e. The van der Waals surface area contributed by atoms with Gasteiger partial charge in [0, 0.05) is 10.6 Å². The molecule has 0 bridgehead atoms. The zero-order valence-electron chi connectivity index (χ0n) is 20.2. The molecule has 0 saturated carbocycles. The van der Waals surface area contributed by atoms with E-state index in [4.69, 9.17) is 20.8 Å². The van der Waals surface area contributed by atoms with Crippen LogP contribution in [0.15, 0.2) is 48.5 Å². The van der Waals surface area contributed by atoms with Gasteiger partial charge in [-0.05, 0) is 80.9 Å². The highest BCUT2D eigenvalue weighted by molar-refractivity contribution is 6.74. The number of benzene rings is 2. The Hall–Kier alpha value is -2.31. The number of hydrogen-bond acceptors (Lipinski definition) is 4. The number of rotatable bonds is 6. The van der Waals surface area contributed by atoms with Gasteiger partial charge in [-0.2, -0.15) is 0 Å². The Kier molecular flexibility index (Phi) is 7.84. The first-order chi connectivity index (χ1) is 14.6. The number of carbonyl (C=O) groups excluding carboxylic acids is 2. The third-order valence-corrected chi connectivity index (χ3v) is 10.1. The molecule has 0 fully saturated rings. The summed E-state index contributed by atoms with van der Waals surface area (Å²) in [7, 11) is -1.99. The van der Waals surface area contributed by atoms with Crippen molar-refractivity contribution in [2.45, 2.75) is 71.3 Å². The second-order valence-corrected chi connectivity index (χ2v) is 15.5. The third-order valence-electron chi connectivity index (χ3n) is 5.44. The molecule has 1 atom stereocenters. The fraction of sp³-hybridized carbons (Fsp3) is 0.440. The third kappa shape index (κ3) is 7.10. The van der Waals surface area contributed by atoms with Gasteiger partial charge in [-0.25, -0.2) is 4.79 Å². The molecule has 2 aromatic carbocycles. The van der Waals surface area contributed by atoms with Crippen LogP contribution >= 0.6 is 11.6 Å². The first-order valence-corrected chi connectivity index (χ1v) is 14.0. The van der Waals surface area contributed by atoms with Crippen LogP contribution in [-0.2, 0) is 4.74 Å². The summed E-state index contributed by atoms with van der Waals surface area (Å²) in [5.74, 6) is 0.480. The summed E-state index contributed by atoms with van der Waals surface area (Å²) in [5, 5.41) is 3.32. The summed E-state index contributed by atoms with van der Waals surface area (Å²) in [6.07, 6.45) is -0.663. The molecule has 7 heteroatoms. The molecule has 2 aromatic rings. The van der Waals surface area contributed by atoms with Gasteiger partial charge in [0.1, 0.15) is 17.4 Å². The van der Waals surface area contributed by atoms with Crippen LogP contribution in [0.1, 0.15) is 63.5 Å². The summed E-state index contributed by atoms with van der Waals surface area (Å²) in [4.78, 5) is 25.8. The van der Waals surface area contributed by atoms with E-state index in [1.165, 1.54) is 0 Å². The number of ketones is 1. The molecule has 1 N–H and O–H groups in total. The van der Waals surface area contributed by atoms with E-state index in [1.54, 1.807) is 69.3 Å². The molecule has 32 heavy (non-hydrogen) atoms. The molecule has 0 spiro atoms. The highest BCUT2D eigenvalue weighted by Crippen LogP contribution is 2.37. The average Bonchev–Trinajstić information content (AvgIpc) is 2.64. The fourth-order valence-electron chi connectivity index (χ4n) is 2.68. The summed E-state index contributed by atoms with van der Waals surface area (Å²) < 4.78 is 11.7. The van der Waals surface area contributed by atoms with Crippen molar-refractivity contribution in [1.82, 2.24) is 5.32 Å². The van der Waals surface area contributed by atoms with Crippen molar-refractivity contribution in [3.8, 4) is 5.75 Å². The van der Waals surface area contributed by atoms with Gasteiger partial charge in [0.2, 0.25) is 8.32 Å². The second kappa shape index (κ2) is 9.67. The van der Waals surface area contributed by atoms with E-state index in [0.717, 1.165) is 5.75 Å². The average molecular weight is 476 g/mol. The fourth-order valence-corrected chi connectivity index (χ4v) is 3.84. The molecule has 5 nitrogen and oxygen atoms in total. The van der Waals surface area contributed by atoms with Crippen LogP contribution in [-0.4, -0.2) is 25.8 Å². The SMILES string of the molecule is CC(C)(C)OC(=O)NC(C(=O)c1ccc(O[Si](C)(C)C(C)(C)C)cc1)c1ccc(Cl)cc1. The van der Waals surface area contributed by atoms with Crippen molar-refractivity contribution < 1.29 is 18.8 Å². The van der Waals surface area contributed by atoms with E-state index in [9.17, 15) is 9.59 Å². The molecule has 0 aliphatic rings. The van der Waals surface area contributed by atoms with E-state index >= 15 is 0 Å². The zero-order valence-corrected chi connectivity index (χ0v) is 22.0. The second-order valence-electron chi connectivity index (χ2n) is 10.4. The molecular weight excluding hydrogens is 442 g/mol. The lowest BCUT2D eigenvalue weighted by Crippen LogP contribution is -2.43. The number of carbonyl (C=O) groups is 2. The lowest BCUT2D eigenvalue weighted by atomic mass is 9.97. The Morgan fingerprint density at radius 3 is 1.91 bits per heavy atom. The highest BCUT2D eigenvalue weighted by atomic mass is 35.5. The largest absolute Gasteiger partial charge is 0.544 e. The topological polar surface area (TPSA) is 64.6 Å². The Morgan fingerprint density at radius 2 is 1.44 bits per heavy atom. The van der Waals surface area contributed by atoms with E-state index in [0.29, 0.717) is 16.1 Å². The van der Waals surface area contributed by atoms with Crippen LogP contribution < -0.4 is 9.74 Å². The van der Waals surface area contributed by atoms with Crippen molar-refractivity contribution in [1.29, 1.82) is 0 Å². The molecule has 1 amide bonds. The van der Waals surface area contributed by atoms with E-state index in [-0.39, 0.29) is 10.8 Å². The van der Waals surface area contributed by atoms with E-state index < -0.39 is 26.1 Å². The Labute approximate surface area is 197 Å². The molecule has 0 heterocycles. The van der Waals surface area contributed by atoms with Gasteiger partial charge in [-0.1, -0.05) is 44.5 Å². The first kappa shape index (κ1) is 25.9. The van der Waals surface area contributed by atoms with Gasteiger partial charge >= 0.3 is 6.09 Å². The maximum absolute atomic E-state index is 13.4. The van der Waals surface area contributed by atoms with Gasteiger partial charge in [0.25, 0.3) is 0 Å². The lowest BCUT2D eigenvalue weighted by molar-refractivity contribution is 0.0490. The molecule has 0 saturated heterocycles. The van der Waals surface area contributed by atoms with Gasteiger partial charge in [0.05, 0.1) is 0 Å². The number of ether oxygens (including phenoxy) is 1. The summed E-state index contributed by atoms with van der Waals surface area (Å²) >= 11 is 6.00. The number of nitrogens with one attached hydrogen (secondary N) is 1. The van der Waals surface area contributed by atoms with Crippen LogP contribution in [0.5, 0.6) is 5.75 Å². The molecule has 0 aliphatic heterocycles. The minimum Gasteiger partial charge on any atom is -0.544 e. The van der Waals surface area contributed by atoms with Crippen LogP contribution in [0.3, 0.4) is 0 Å². The van der Waals surface area contributed by atoms with E-state index in [2.05, 4.69) is 39.2 Å². The molecule has 0 aliphatic carbocycles. The number of halogens is 1. The molecule has 174 valence electrons. The first-order valence-electron chi connectivity index (χ1n) is 10.7. The molecule has 1 unspecified atom stereocenters. The maximum atomic E-state index is 13.4. The van der Waals surface area contributed by atoms with Crippen LogP contribution in [0, 0.1) is 0 Å². The van der Waals surface area contributed by atoms with Crippen molar-refractivity contribution in [3.63, 3.8) is 0 Å². The zero-order chi connectivity index (χ0) is 24.3. The minimum absolute atomic E-state index is 0.0680. The molecule has 0 aromatic heterocycles. The number of alkyl carbamates (subject to hydrolysis) is 1. The molecule has 0 radical (unpaired) electrons. The Balaban J connectivity index is 2.28. The van der Waals surface area contributed by atoms with Crippen molar-refractivity contribution in [2.24, 2.45) is 0 Å². The minimum atomic E-state index is -1.99. The Morgan fingerprint density at radius 1 is 0.906 bits per heavy atom. The summed E-state index contributed by atoms with van der Waals surface area (Å²) in [6, 6.07) is 13.0. The van der Waals surface area contributed by atoms with Gasteiger partial charge < -0.3 is 14.5 Å². The van der Waals surface area contributed by atoms with Crippen molar-refractivity contribution >= 4 is 31.8 Å². The number of Topliss-reactive ketones (excluding diaryl/α,β-unsaturated/α-hetero) is 1. The van der Waals surface area contributed by atoms with E-state index in [1.807, 2.05) is 0 Å². The normalized spacial score (nSPS) is 13.3. The van der Waals surface area contributed by atoms with Crippen LogP contribution in [0.25, 0.3) is 0 Å². The standard InChI is InChI=1S/C25H34ClNO4Si/c1-24(2,3)30-23(29)27-21(17-9-13-19(26)14-10-17)22(28)18-11-15-20(16-12-18)31-32(7,8)25(4,5)6/h9-16,21H,1-8H3,(H,27,29). The molecule has 2 rings (SSSR count). The predicted octanol–water partition coefficient (Wildman–Crippen LogP) is 7.17. The monoisotopic (exact) mass is 475 g/mol. The number of hydrogen-bond donors (Lipinski definition) is 1. The summed E-state index contributed by atoms with van der Waals surface area (Å²) in [6.45, 7) is 16.2. The quantitative estimate of drug-likeness (QED) is 0.355. The van der Waals surface area contributed by atoms with Crippen molar-refractivity contribution in [3.05, 3.63) is 64.7 Å². The highest BCUT2D eigenvalue weighted by Gasteiger charge is 2.39. The van der Waals surface area contributed by atoms with Gasteiger partial charge in [0.15, 0.2) is 5.78 Å². The van der Waals surface area contributed by atoms with Crippen molar-refractivity contribution in [2.75, 3.05) is 0 Å². The van der Waals surface area contributed by atoms with Gasteiger partial charge in [-0.3, -0.25) is 4.79 Å². The predicted molar refractivity (Wildman–Crippen MR) is 132 cm³/mol. The van der Waals surface area contributed by atoms with Gasteiger partial charge in [-0.15, -0.1) is 0 Å². The smallest absolute Gasteiger partial charge is 0.408 e. The summed E-state index contributed by atoms with van der Waals surface area (Å²) in [5.41, 5.74) is 0.399. The lowest BCUT2D eigenvalue weighted by Gasteiger charge is -2.36. The molecular formula is C25H34ClNO4Si. The Bertz CT molecular complexity index is 942. The number of amides is 1. The van der Waals surface area contributed by atoms with Crippen LogP contribution in [0.2, 0.25) is 23.2 Å².